The van der Waals surface area contributed by atoms with Crippen LogP contribution in [-0.4, -0.2) is 34.9 Å². The van der Waals surface area contributed by atoms with Crippen molar-refractivity contribution in [1.82, 2.24) is 4.90 Å². The molecule has 1 heterocycles. The van der Waals surface area contributed by atoms with Gasteiger partial charge in [-0.2, -0.15) is 11.8 Å². The van der Waals surface area contributed by atoms with Crippen LogP contribution in [0.4, 0.5) is 4.39 Å². The van der Waals surface area contributed by atoms with E-state index in [2.05, 4.69) is 15.9 Å². The lowest BCUT2D eigenvalue weighted by Gasteiger charge is -2.33. The van der Waals surface area contributed by atoms with Crippen LogP contribution in [0.5, 0.6) is 0 Å². The molecule has 0 saturated carbocycles. The van der Waals surface area contributed by atoms with Crippen LogP contribution in [0.3, 0.4) is 0 Å². The Morgan fingerprint density at radius 2 is 2.35 bits per heavy atom. The number of hydrogen-bond acceptors (Lipinski definition) is 2. The molecule has 0 bridgehead atoms. The molecule has 0 N–H and O–H groups in total. The fourth-order valence-corrected chi connectivity index (χ4v) is 3.23. The predicted octanol–water partition coefficient (Wildman–Crippen LogP) is 3.17. The van der Waals surface area contributed by atoms with E-state index in [0.717, 1.165) is 11.5 Å². The molecule has 2 nitrogen and oxygen atoms in total. The molecule has 0 radical (unpaired) electrons. The van der Waals surface area contributed by atoms with Gasteiger partial charge >= 0.3 is 0 Å². The van der Waals surface area contributed by atoms with Crippen LogP contribution in [0, 0.1) is 5.82 Å². The zero-order valence-corrected chi connectivity index (χ0v) is 11.9. The number of hydrogen-bond donors (Lipinski definition) is 0. The fraction of sp³-hybridized carbons (Fsp3) is 0.417. The summed E-state index contributed by atoms with van der Waals surface area (Å²) in [6.07, 6.45) is 0. The second kappa shape index (κ2) is 5.40. The molecule has 1 aromatic rings. The predicted molar refractivity (Wildman–Crippen MR) is 71.9 cm³/mol. The first-order valence-corrected chi connectivity index (χ1v) is 7.38. The highest BCUT2D eigenvalue weighted by Gasteiger charge is 2.26. The van der Waals surface area contributed by atoms with E-state index in [-0.39, 0.29) is 17.5 Å². The van der Waals surface area contributed by atoms with Crippen molar-refractivity contribution in [2.75, 3.05) is 18.1 Å². The van der Waals surface area contributed by atoms with Crippen molar-refractivity contribution in [3.8, 4) is 0 Å². The highest BCUT2D eigenvalue weighted by atomic mass is 79.9. The number of carbonyl (C=O) groups is 1. The van der Waals surface area contributed by atoms with Gasteiger partial charge in [-0.1, -0.05) is 6.07 Å². The summed E-state index contributed by atoms with van der Waals surface area (Å²) in [5.74, 6) is 1.16. The lowest BCUT2D eigenvalue weighted by molar-refractivity contribution is 0.0711. The molecule has 1 saturated heterocycles. The van der Waals surface area contributed by atoms with E-state index < -0.39 is 5.82 Å². The highest BCUT2D eigenvalue weighted by Crippen LogP contribution is 2.23. The molecule has 1 aliphatic heterocycles. The molecule has 0 spiro atoms. The second-order valence-electron chi connectivity index (χ2n) is 4.02. The number of halogens is 2. The molecule has 1 unspecified atom stereocenters. The van der Waals surface area contributed by atoms with Crippen molar-refractivity contribution >= 4 is 33.6 Å². The lowest BCUT2D eigenvalue weighted by Crippen LogP contribution is -2.44. The van der Waals surface area contributed by atoms with Crippen molar-refractivity contribution in [2.45, 2.75) is 13.0 Å². The molecule has 0 aliphatic carbocycles. The van der Waals surface area contributed by atoms with E-state index in [9.17, 15) is 9.18 Å². The van der Waals surface area contributed by atoms with Crippen molar-refractivity contribution in [2.24, 2.45) is 0 Å². The first-order chi connectivity index (χ1) is 8.11. The van der Waals surface area contributed by atoms with E-state index in [0.29, 0.717) is 11.0 Å². The van der Waals surface area contributed by atoms with Crippen LogP contribution in [0.15, 0.2) is 22.7 Å². The average molecular weight is 318 g/mol. The van der Waals surface area contributed by atoms with Gasteiger partial charge in [0.05, 0.1) is 10.0 Å². The quantitative estimate of drug-likeness (QED) is 0.793. The van der Waals surface area contributed by atoms with Crippen molar-refractivity contribution in [3.63, 3.8) is 0 Å². The zero-order chi connectivity index (χ0) is 12.4. The number of benzene rings is 1. The van der Waals surface area contributed by atoms with Crippen LogP contribution < -0.4 is 0 Å². The first kappa shape index (κ1) is 12.9. The maximum Gasteiger partial charge on any atom is 0.257 e. The largest absolute Gasteiger partial charge is 0.334 e. The van der Waals surface area contributed by atoms with Gasteiger partial charge in [0.2, 0.25) is 0 Å². The van der Waals surface area contributed by atoms with Crippen LogP contribution in [0.25, 0.3) is 0 Å². The molecular formula is C12H13BrFNOS. The minimum Gasteiger partial charge on any atom is -0.334 e. The van der Waals surface area contributed by atoms with Gasteiger partial charge in [-0.25, -0.2) is 4.39 Å². The summed E-state index contributed by atoms with van der Waals surface area (Å²) in [7, 11) is 0. The Morgan fingerprint density at radius 1 is 1.59 bits per heavy atom. The Kier molecular flexibility index (Phi) is 4.09. The van der Waals surface area contributed by atoms with E-state index in [1.165, 1.54) is 6.07 Å². The minimum atomic E-state index is -0.470. The third-order valence-corrected chi connectivity index (χ3v) is 4.61. The first-order valence-electron chi connectivity index (χ1n) is 5.44. The third kappa shape index (κ3) is 2.65. The van der Waals surface area contributed by atoms with E-state index in [1.807, 2.05) is 18.7 Å². The lowest BCUT2D eigenvalue weighted by atomic mass is 10.1. The molecule has 5 heteroatoms. The summed E-state index contributed by atoms with van der Waals surface area (Å²) in [6, 6.07) is 4.99. The maximum atomic E-state index is 13.8. The van der Waals surface area contributed by atoms with Crippen molar-refractivity contribution in [3.05, 3.63) is 34.1 Å². The fourth-order valence-electron chi connectivity index (χ4n) is 1.85. The van der Waals surface area contributed by atoms with E-state index in [1.54, 1.807) is 17.0 Å². The van der Waals surface area contributed by atoms with Crippen molar-refractivity contribution in [1.29, 1.82) is 0 Å². The minimum absolute atomic E-state index is 0.151. The van der Waals surface area contributed by atoms with Gasteiger partial charge in [0.1, 0.15) is 5.82 Å². The van der Waals surface area contributed by atoms with Crippen molar-refractivity contribution < 1.29 is 9.18 Å². The Labute approximate surface area is 113 Å². The van der Waals surface area contributed by atoms with Crippen LogP contribution >= 0.6 is 27.7 Å². The maximum absolute atomic E-state index is 13.8. The molecule has 0 aromatic heterocycles. The zero-order valence-electron chi connectivity index (χ0n) is 9.45. The molecule has 1 atom stereocenters. The SMILES string of the molecule is CC1CSCCN1C(=O)c1cccc(Br)c1F. The van der Waals surface area contributed by atoms with E-state index in [4.69, 9.17) is 0 Å². The van der Waals surface area contributed by atoms with Crippen LogP contribution in [0.1, 0.15) is 17.3 Å². The standard InChI is InChI=1S/C12H13BrFNOS/c1-8-7-17-6-5-15(8)12(16)9-3-2-4-10(13)11(9)14/h2-4,8H,5-7H2,1H3. The summed E-state index contributed by atoms with van der Waals surface area (Å²) >= 11 is 4.93. The molecular weight excluding hydrogens is 305 g/mol. The van der Waals surface area contributed by atoms with Crippen LogP contribution in [-0.2, 0) is 0 Å². The van der Waals surface area contributed by atoms with Gasteiger partial charge in [0.25, 0.3) is 5.91 Å². The Bertz CT molecular complexity index is 441. The van der Waals surface area contributed by atoms with Gasteiger partial charge in [0, 0.05) is 24.1 Å². The monoisotopic (exact) mass is 317 g/mol. The van der Waals surface area contributed by atoms with Gasteiger partial charge in [-0.05, 0) is 35.0 Å². The van der Waals surface area contributed by atoms with E-state index >= 15 is 0 Å². The molecule has 2 rings (SSSR count). The normalized spacial score (nSPS) is 20.4. The average Bonchev–Trinajstić information content (AvgIpc) is 2.32. The van der Waals surface area contributed by atoms with Gasteiger partial charge in [-0.15, -0.1) is 0 Å². The Hall–Kier alpha value is -0.550. The summed E-state index contributed by atoms with van der Waals surface area (Å²) in [5, 5.41) is 0. The highest BCUT2D eigenvalue weighted by molar-refractivity contribution is 9.10. The second-order valence-corrected chi connectivity index (χ2v) is 6.03. The Morgan fingerprint density at radius 3 is 3.06 bits per heavy atom. The number of rotatable bonds is 1. The van der Waals surface area contributed by atoms with Crippen LogP contribution in [0.2, 0.25) is 0 Å². The summed E-state index contributed by atoms with van der Waals surface area (Å²) in [5.41, 5.74) is 0.151. The molecule has 92 valence electrons. The smallest absolute Gasteiger partial charge is 0.257 e. The molecule has 1 aliphatic rings. The molecule has 1 amide bonds. The molecule has 1 fully saturated rings. The van der Waals surface area contributed by atoms with Gasteiger partial charge in [-0.3, -0.25) is 4.79 Å². The van der Waals surface area contributed by atoms with Gasteiger partial charge < -0.3 is 4.90 Å². The number of thioether (sulfide) groups is 1. The molecule has 1 aromatic carbocycles. The summed E-state index contributed by atoms with van der Waals surface area (Å²) in [6.45, 7) is 2.69. The van der Waals surface area contributed by atoms with Gasteiger partial charge in [0.15, 0.2) is 0 Å². The number of nitrogens with zero attached hydrogens (tertiary/aromatic N) is 1. The topological polar surface area (TPSA) is 20.3 Å². The third-order valence-electron chi connectivity index (χ3n) is 2.81. The number of amides is 1. The summed E-state index contributed by atoms with van der Waals surface area (Å²) in [4.78, 5) is 14.0. The summed E-state index contributed by atoms with van der Waals surface area (Å²) < 4.78 is 14.2. The Balaban J connectivity index is 2.27. The molecule has 17 heavy (non-hydrogen) atoms. The number of carbonyl (C=O) groups excluding carboxylic acids is 1.